The summed E-state index contributed by atoms with van der Waals surface area (Å²) in [5, 5.41) is 10.5. The highest BCUT2D eigenvalue weighted by molar-refractivity contribution is 5.96. The van der Waals surface area contributed by atoms with Gasteiger partial charge in [-0.25, -0.2) is 4.68 Å². The Balaban J connectivity index is 1.55. The number of rotatable bonds is 8. The smallest absolute Gasteiger partial charge is 0.258 e. The van der Waals surface area contributed by atoms with Crippen LogP contribution in [0.4, 0.5) is 0 Å². The minimum Gasteiger partial charge on any atom is -0.477 e. The highest BCUT2D eigenvalue weighted by Gasteiger charge is 2.49. The number of fused-ring (bicyclic) bond motifs is 2. The van der Waals surface area contributed by atoms with Gasteiger partial charge < -0.3 is 15.4 Å². The van der Waals surface area contributed by atoms with Gasteiger partial charge in [-0.1, -0.05) is 32.8 Å². The quantitative estimate of drug-likeness (QED) is 0.617. The number of nitrogens with zero attached hydrogens (tertiary/aromatic N) is 2. The third kappa shape index (κ3) is 4.97. The van der Waals surface area contributed by atoms with Crippen molar-refractivity contribution in [3.8, 4) is 5.88 Å². The fraction of sp³-hybridized carbons (Fsp3) is 0.731. The molecule has 0 aromatic carbocycles. The van der Waals surface area contributed by atoms with E-state index in [9.17, 15) is 9.59 Å². The second-order valence-corrected chi connectivity index (χ2v) is 11.3. The summed E-state index contributed by atoms with van der Waals surface area (Å²) in [4.78, 5) is 25.6. The van der Waals surface area contributed by atoms with E-state index in [1.54, 1.807) is 30.2 Å². The van der Waals surface area contributed by atoms with Crippen molar-refractivity contribution in [2.45, 2.75) is 72.3 Å². The molecule has 5 atom stereocenters. The zero-order chi connectivity index (χ0) is 23.8. The molecule has 33 heavy (non-hydrogen) atoms. The van der Waals surface area contributed by atoms with Crippen molar-refractivity contribution < 1.29 is 14.3 Å². The molecule has 1 aromatic rings. The van der Waals surface area contributed by atoms with Crippen LogP contribution < -0.4 is 15.4 Å². The Hall–Kier alpha value is -2.31. The number of aromatic nitrogens is 2. The first-order chi connectivity index (χ1) is 15.7. The molecule has 2 N–H and O–H groups in total. The number of carbonyl (C=O) groups excluding carboxylic acids is 2. The molecular weight excluding hydrogens is 416 g/mol. The Morgan fingerprint density at radius 2 is 2.00 bits per heavy atom. The van der Waals surface area contributed by atoms with Crippen molar-refractivity contribution in [3.05, 3.63) is 17.8 Å². The number of ether oxygens (including phenoxy) is 1. The molecule has 4 unspecified atom stereocenters. The third-order valence-corrected chi connectivity index (χ3v) is 7.89. The first kappa shape index (κ1) is 23.8. The summed E-state index contributed by atoms with van der Waals surface area (Å²) in [5.74, 6) is 3.39. The maximum absolute atomic E-state index is 13.5. The lowest BCUT2D eigenvalue weighted by atomic mass is 9.79. The molecular formula is C26H40N4O3. The lowest BCUT2D eigenvalue weighted by Gasteiger charge is -2.30. The number of carbonyl (C=O) groups is 2. The number of hydrogen-bond donors (Lipinski definition) is 2. The van der Waals surface area contributed by atoms with Gasteiger partial charge in [0.2, 0.25) is 11.8 Å². The van der Waals surface area contributed by atoms with Gasteiger partial charge in [0.1, 0.15) is 5.56 Å². The molecule has 0 saturated heterocycles. The van der Waals surface area contributed by atoms with Crippen LogP contribution in [-0.4, -0.2) is 41.3 Å². The molecule has 7 heteroatoms. The van der Waals surface area contributed by atoms with Crippen LogP contribution in [0.15, 0.2) is 12.3 Å². The van der Waals surface area contributed by atoms with E-state index in [-0.39, 0.29) is 17.9 Å². The first-order valence-electron chi connectivity index (χ1n) is 12.6. The zero-order valence-electron chi connectivity index (χ0n) is 20.8. The van der Waals surface area contributed by atoms with Crippen molar-refractivity contribution in [3.63, 3.8) is 0 Å². The number of amides is 2. The summed E-state index contributed by atoms with van der Waals surface area (Å²) in [6, 6.07) is 0.261. The second kappa shape index (κ2) is 9.51. The predicted octanol–water partition coefficient (Wildman–Crippen LogP) is 4.11. The Labute approximate surface area is 197 Å². The van der Waals surface area contributed by atoms with E-state index in [2.05, 4.69) is 29.6 Å². The predicted molar refractivity (Wildman–Crippen MR) is 129 cm³/mol. The van der Waals surface area contributed by atoms with Gasteiger partial charge in [0.15, 0.2) is 0 Å². The summed E-state index contributed by atoms with van der Waals surface area (Å²) in [5.41, 5.74) is -0.246. The normalized spacial score (nSPS) is 28.8. The Kier molecular flexibility index (Phi) is 6.87. The SMILES string of the molecule is CNC(=O)C(C)(C)/C=C/n1ncc(C(=O)N[C@@H]2C3CC4CCCC2C(C4)C3)c1OCC(C)C. The lowest BCUT2D eigenvalue weighted by molar-refractivity contribution is -0.126. The fourth-order valence-electron chi connectivity index (χ4n) is 6.22. The second-order valence-electron chi connectivity index (χ2n) is 11.3. The lowest BCUT2D eigenvalue weighted by Crippen LogP contribution is -2.42. The van der Waals surface area contributed by atoms with E-state index in [1.807, 2.05) is 13.8 Å². The van der Waals surface area contributed by atoms with Crippen LogP contribution in [0.25, 0.3) is 6.20 Å². The summed E-state index contributed by atoms with van der Waals surface area (Å²) >= 11 is 0. The molecule has 182 valence electrons. The molecule has 3 bridgehead atoms. The van der Waals surface area contributed by atoms with Crippen molar-refractivity contribution in [1.29, 1.82) is 0 Å². The number of nitrogens with one attached hydrogen (secondary N) is 2. The molecule has 7 nitrogen and oxygen atoms in total. The Bertz CT molecular complexity index is 903. The highest BCUT2D eigenvalue weighted by atomic mass is 16.5. The largest absolute Gasteiger partial charge is 0.477 e. The molecule has 3 aliphatic carbocycles. The fourth-order valence-corrected chi connectivity index (χ4v) is 6.22. The van der Waals surface area contributed by atoms with Gasteiger partial charge >= 0.3 is 0 Å². The summed E-state index contributed by atoms with van der Waals surface area (Å²) in [7, 11) is 1.62. The molecule has 0 aliphatic heterocycles. The Morgan fingerprint density at radius 3 is 2.73 bits per heavy atom. The van der Waals surface area contributed by atoms with Crippen LogP contribution in [0.1, 0.15) is 76.6 Å². The van der Waals surface area contributed by atoms with Crippen molar-refractivity contribution in [1.82, 2.24) is 20.4 Å². The topological polar surface area (TPSA) is 85.2 Å². The monoisotopic (exact) mass is 456 g/mol. The van der Waals surface area contributed by atoms with Crippen LogP contribution in [0.2, 0.25) is 0 Å². The van der Waals surface area contributed by atoms with Crippen LogP contribution in [0, 0.1) is 35.0 Å². The van der Waals surface area contributed by atoms with Gasteiger partial charge in [-0.2, -0.15) is 5.10 Å². The average Bonchev–Trinajstić information content (AvgIpc) is 3.23. The average molecular weight is 457 g/mol. The molecule has 3 saturated carbocycles. The zero-order valence-corrected chi connectivity index (χ0v) is 20.8. The highest BCUT2D eigenvalue weighted by Crippen LogP contribution is 2.53. The molecule has 3 aliphatic rings. The molecule has 0 radical (unpaired) electrons. The third-order valence-electron chi connectivity index (χ3n) is 7.89. The van der Waals surface area contributed by atoms with Crippen LogP contribution >= 0.6 is 0 Å². The van der Waals surface area contributed by atoms with E-state index in [0.29, 0.717) is 35.8 Å². The maximum atomic E-state index is 13.5. The van der Waals surface area contributed by atoms with Crippen LogP contribution in [0.5, 0.6) is 5.88 Å². The summed E-state index contributed by atoms with van der Waals surface area (Å²) < 4.78 is 7.64. The molecule has 4 rings (SSSR count). The van der Waals surface area contributed by atoms with Gasteiger partial charge in [-0.15, -0.1) is 0 Å². The van der Waals surface area contributed by atoms with Gasteiger partial charge in [-0.3, -0.25) is 9.59 Å². The van der Waals surface area contributed by atoms with E-state index in [4.69, 9.17) is 4.74 Å². The van der Waals surface area contributed by atoms with Crippen LogP contribution in [0.3, 0.4) is 0 Å². The summed E-state index contributed by atoms with van der Waals surface area (Å²) in [6.45, 7) is 8.30. The molecule has 1 heterocycles. The van der Waals surface area contributed by atoms with Crippen molar-refractivity contribution in [2.24, 2.45) is 35.0 Å². The first-order valence-corrected chi connectivity index (χ1v) is 12.6. The minimum atomic E-state index is -0.711. The van der Waals surface area contributed by atoms with E-state index in [0.717, 1.165) is 11.8 Å². The molecule has 0 spiro atoms. The van der Waals surface area contributed by atoms with Gasteiger partial charge in [0, 0.05) is 19.3 Å². The van der Waals surface area contributed by atoms with Crippen molar-refractivity contribution >= 4 is 18.0 Å². The summed E-state index contributed by atoms with van der Waals surface area (Å²) in [6.07, 6.45) is 12.8. The standard InChI is InChI=1S/C26H40N4O3/c1-16(2)15-33-24-21(14-28-30(24)10-9-26(3,4)25(32)27-5)23(31)29-22-19-12-17-7-6-8-20(22)18(11-17)13-19/h9-10,14,16-20,22H,6-8,11-13,15H2,1-5H3,(H,27,32)(H,29,31)/b10-9+/t17?,18?,19?,20?,22-/m1/s1. The van der Waals surface area contributed by atoms with Crippen molar-refractivity contribution in [2.75, 3.05) is 13.7 Å². The molecule has 3 fully saturated rings. The van der Waals surface area contributed by atoms with Gasteiger partial charge in [-0.05, 0) is 69.1 Å². The van der Waals surface area contributed by atoms with E-state index >= 15 is 0 Å². The van der Waals surface area contributed by atoms with Gasteiger partial charge in [0.25, 0.3) is 5.91 Å². The van der Waals surface area contributed by atoms with Crippen LogP contribution in [-0.2, 0) is 4.79 Å². The molecule has 2 amide bonds. The Morgan fingerprint density at radius 1 is 1.24 bits per heavy atom. The van der Waals surface area contributed by atoms with E-state index < -0.39 is 5.41 Å². The number of hydrogen-bond acceptors (Lipinski definition) is 4. The minimum absolute atomic E-state index is 0.0911. The van der Waals surface area contributed by atoms with Gasteiger partial charge in [0.05, 0.1) is 18.2 Å². The van der Waals surface area contributed by atoms with E-state index in [1.165, 1.54) is 38.5 Å². The molecule has 1 aromatic heterocycles. The maximum Gasteiger partial charge on any atom is 0.258 e.